The first-order valence-corrected chi connectivity index (χ1v) is 6.80. The average molecular weight is 289 g/mol. The first-order chi connectivity index (χ1) is 9.58. The van der Waals surface area contributed by atoms with Crippen LogP contribution in [0.5, 0.6) is 0 Å². The fourth-order valence-corrected chi connectivity index (χ4v) is 2.68. The van der Waals surface area contributed by atoms with Crippen LogP contribution >= 0.6 is 11.5 Å². The van der Waals surface area contributed by atoms with E-state index < -0.39 is 5.97 Å². The van der Waals surface area contributed by atoms with Crippen molar-refractivity contribution in [1.29, 1.82) is 0 Å². The molecule has 0 amide bonds. The largest absolute Gasteiger partial charge is 0.478 e. The summed E-state index contributed by atoms with van der Waals surface area (Å²) in [6.45, 7) is 4.01. The van der Waals surface area contributed by atoms with Gasteiger partial charge in [0.05, 0.1) is 5.69 Å². The van der Waals surface area contributed by atoms with E-state index >= 15 is 0 Å². The van der Waals surface area contributed by atoms with Gasteiger partial charge in [-0.2, -0.15) is 0 Å². The van der Waals surface area contributed by atoms with Gasteiger partial charge in [0.25, 0.3) is 0 Å². The lowest BCUT2D eigenvalue weighted by molar-refractivity contribution is 0.0698. The maximum Gasteiger partial charge on any atom is 0.339 e. The van der Waals surface area contributed by atoms with E-state index in [4.69, 9.17) is 9.52 Å². The quantitative estimate of drug-likeness (QED) is 0.796. The third-order valence-corrected chi connectivity index (χ3v) is 3.63. The molecular formula is C13H11N3O3S. The van der Waals surface area contributed by atoms with Gasteiger partial charge < -0.3 is 9.52 Å². The molecule has 0 spiro atoms. The zero-order valence-electron chi connectivity index (χ0n) is 10.8. The number of carboxylic acids is 1. The summed E-state index contributed by atoms with van der Waals surface area (Å²) in [5.41, 5.74) is 1.70. The Labute approximate surface area is 118 Å². The number of hydrogen-bond acceptors (Lipinski definition) is 6. The molecule has 3 rings (SSSR count). The summed E-state index contributed by atoms with van der Waals surface area (Å²) < 4.78 is 9.56. The molecule has 0 aliphatic carbocycles. The van der Waals surface area contributed by atoms with Crippen LogP contribution < -0.4 is 0 Å². The minimum Gasteiger partial charge on any atom is -0.478 e. The summed E-state index contributed by atoms with van der Waals surface area (Å²) >= 11 is 1.20. The monoisotopic (exact) mass is 289 g/mol. The van der Waals surface area contributed by atoms with Crippen LogP contribution in [0, 0.1) is 0 Å². The van der Waals surface area contributed by atoms with Gasteiger partial charge in [0.1, 0.15) is 16.0 Å². The number of benzene rings is 1. The highest BCUT2D eigenvalue weighted by Crippen LogP contribution is 2.33. The predicted molar refractivity (Wildman–Crippen MR) is 74.0 cm³/mol. The summed E-state index contributed by atoms with van der Waals surface area (Å²) in [4.78, 5) is 16.3. The van der Waals surface area contributed by atoms with Crippen LogP contribution in [-0.4, -0.2) is 25.6 Å². The number of nitrogens with zero attached hydrogens (tertiary/aromatic N) is 3. The first kappa shape index (κ1) is 12.7. The van der Waals surface area contributed by atoms with Gasteiger partial charge in [0.15, 0.2) is 5.58 Å². The normalized spacial score (nSPS) is 11.3. The van der Waals surface area contributed by atoms with Gasteiger partial charge in [-0.25, -0.2) is 9.78 Å². The number of oxazole rings is 1. The molecule has 0 fully saturated rings. The van der Waals surface area contributed by atoms with Crippen molar-refractivity contribution < 1.29 is 14.3 Å². The van der Waals surface area contributed by atoms with Crippen LogP contribution in [-0.2, 0) is 0 Å². The maximum absolute atomic E-state index is 11.2. The van der Waals surface area contributed by atoms with Crippen molar-refractivity contribution in [1.82, 2.24) is 14.6 Å². The molecule has 0 unspecified atom stereocenters. The molecule has 0 aliphatic heterocycles. The SMILES string of the molecule is CC(C)c1nnsc1-c1nc2cccc(C(=O)O)c2o1. The van der Waals surface area contributed by atoms with Gasteiger partial charge in [-0.1, -0.05) is 24.4 Å². The van der Waals surface area contributed by atoms with Crippen molar-refractivity contribution in [3.63, 3.8) is 0 Å². The lowest BCUT2D eigenvalue weighted by Gasteiger charge is -1.99. The number of aromatic nitrogens is 3. The molecule has 3 aromatic rings. The van der Waals surface area contributed by atoms with Crippen LogP contribution in [0.25, 0.3) is 21.9 Å². The lowest BCUT2D eigenvalue weighted by Crippen LogP contribution is -1.95. The van der Waals surface area contributed by atoms with Crippen LogP contribution in [0.2, 0.25) is 0 Å². The fourth-order valence-electron chi connectivity index (χ4n) is 1.94. The molecule has 0 saturated heterocycles. The van der Waals surface area contributed by atoms with Gasteiger partial charge in [-0.3, -0.25) is 0 Å². The summed E-state index contributed by atoms with van der Waals surface area (Å²) in [6.07, 6.45) is 0. The highest BCUT2D eigenvalue weighted by atomic mass is 32.1. The number of aromatic carboxylic acids is 1. The van der Waals surface area contributed by atoms with E-state index in [1.54, 1.807) is 12.1 Å². The Morgan fingerprint density at radius 1 is 1.40 bits per heavy atom. The molecule has 102 valence electrons. The summed E-state index contributed by atoms with van der Waals surface area (Å²) in [7, 11) is 0. The van der Waals surface area contributed by atoms with Gasteiger partial charge in [-0.15, -0.1) is 5.10 Å². The molecule has 0 atom stereocenters. The predicted octanol–water partition coefficient (Wildman–Crippen LogP) is 3.17. The van der Waals surface area contributed by atoms with Crippen molar-refractivity contribution in [2.75, 3.05) is 0 Å². The Bertz CT molecular complexity index is 791. The molecule has 20 heavy (non-hydrogen) atoms. The third kappa shape index (κ3) is 1.96. The van der Waals surface area contributed by atoms with E-state index in [-0.39, 0.29) is 17.1 Å². The van der Waals surface area contributed by atoms with Crippen molar-refractivity contribution in [3.8, 4) is 10.8 Å². The third-order valence-electron chi connectivity index (χ3n) is 2.90. The van der Waals surface area contributed by atoms with Gasteiger partial charge in [-0.05, 0) is 29.6 Å². The second-order valence-corrected chi connectivity index (χ2v) is 5.37. The van der Waals surface area contributed by atoms with E-state index in [0.717, 1.165) is 10.6 Å². The van der Waals surface area contributed by atoms with Gasteiger partial charge in [0.2, 0.25) is 5.89 Å². The Hall–Kier alpha value is -2.28. The number of para-hydroxylation sites is 1. The molecule has 0 aliphatic rings. The smallest absolute Gasteiger partial charge is 0.339 e. The number of rotatable bonds is 3. The van der Waals surface area contributed by atoms with Gasteiger partial charge in [0, 0.05) is 0 Å². The summed E-state index contributed by atoms with van der Waals surface area (Å²) in [5.74, 6) is -0.477. The topological polar surface area (TPSA) is 89.1 Å². The lowest BCUT2D eigenvalue weighted by atomic mass is 10.1. The summed E-state index contributed by atoms with van der Waals surface area (Å²) in [5, 5.41) is 13.2. The zero-order chi connectivity index (χ0) is 14.3. The molecule has 7 heteroatoms. The highest BCUT2D eigenvalue weighted by molar-refractivity contribution is 7.09. The zero-order valence-corrected chi connectivity index (χ0v) is 11.6. The molecule has 0 radical (unpaired) electrons. The Morgan fingerprint density at radius 2 is 2.20 bits per heavy atom. The highest BCUT2D eigenvalue weighted by Gasteiger charge is 2.21. The van der Waals surface area contributed by atoms with E-state index in [2.05, 4.69) is 14.6 Å². The van der Waals surface area contributed by atoms with E-state index in [9.17, 15) is 4.79 Å². The molecule has 1 N–H and O–H groups in total. The number of fused-ring (bicyclic) bond motifs is 1. The molecule has 0 bridgehead atoms. The fraction of sp³-hybridized carbons (Fsp3) is 0.231. The van der Waals surface area contributed by atoms with Crippen molar-refractivity contribution in [2.45, 2.75) is 19.8 Å². The first-order valence-electron chi connectivity index (χ1n) is 6.03. The average Bonchev–Trinajstić information content (AvgIpc) is 3.03. The minimum atomic E-state index is -1.04. The van der Waals surface area contributed by atoms with Crippen molar-refractivity contribution in [2.24, 2.45) is 0 Å². The standard InChI is InChI=1S/C13H11N3O3S/c1-6(2)9-11(20-16-15-9)12-14-8-5-3-4-7(13(17)18)10(8)19-12/h3-6H,1-2H3,(H,17,18). The Morgan fingerprint density at radius 3 is 2.90 bits per heavy atom. The number of carbonyl (C=O) groups is 1. The number of hydrogen-bond donors (Lipinski definition) is 1. The van der Waals surface area contributed by atoms with Crippen LogP contribution in [0.3, 0.4) is 0 Å². The molecule has 0 saturated carbocycles. The van der Waals surface area contributed by atoms with E-state index in [0.29, 0.717) is 11.4 Å². The van der Waals surface area contributed by atoms with Crippen LogP contribution in [0.15, 0.2) is 22.6 Å². The van der Waals surface area contributed by atoms with Crippen LogP contribution in [0.4, 0.5) is 0 Å². The second kappa shape index (κ2) is 4.68. The minimum absolute atomic E-state index is 0.102. The van der Waals surface area contributed by atoms with Crippen molar-refractivity contribution >= 4 is 28.6 Å². The van der Waals surface area contributed by atoms with E-state index in [1.807, 2.05) is 13.8 Å². The Kier molecular flexibility index (Phi) is 2.98. The van der Waals surface area contributed by atoms with E-state index in [1.165, 1.54) is 17.6 Å². The summed E-state index contributed by atoms with van der Waals surface area (Å²) in [6, 6.07) is 4.86. The molecule has 2 heterocycles. The van der Waals surface area contributed by atoms with Crippen LogP contribution in [0.1, 0.15) is 35.8 Å². The Balaban J connectivity index is 2.21. The molecule has 1 aromatic carbocycles. The number of carboxylic acid groups (broad SMARTS) is 1. The van der Waals surface area contributed by atoms with Crippen molar-refractivity contribution in [3.05, 3.63) is 29.5 Å². The van der Waals surface area contributed by atoms with Gasteiger partial charge >= 0.3 is 5.97 Å². The molecular weight excluding hydrogens is 278 g/mol. The maximum atomic E-state index is 11.2. The second-order valence-electron chi connectivity index (χ2n) is 4.62. The molecule has 6 nitrogen and oxygen atoms in total. The molecule has 2 aromatic heterocycles.